The number of anilines is 1. The Kier molecular flexibility index (Phi) is 4.22. The highest BCUT2D eigenvalue weighted by atomic mass is 16.1. The van der Waals surface area contributed by atoms with E-state index in [1.807, 2.05) is 0 Å². The molecule has 1 fully saturated rings. The van der Waals surface area contributed by atoms with Crippen LogP contribution in [0.1, 0.15) is 41.9 Å². The molecule has 136 valence electrons. The van der Waals surface area contributed by atoms with Crippen LogP contribution in [0.3, 0.4) is 0 Å². The van der Waals surface area contributed by atoms with Crippen LogP contribution in [0.25, 0.3) is 0 Å². The minimum atomic E-state index is -0.00201. The topological polar surface area (TPSA) is 36.2 Å². The third-order valence-corrected chi connectivity index (χ3v) is 6.39. The van der Waals surface area contributed by atoms with E-state index in [4.69, 9.17) is 0 Å². The molecule has 4 rings (SSSR count). The molecule has 2 aliphatic rings. The van der Waals surface area contributed by atoms with Gasteiger partial charge in [-0.3, -0.25) is 9.69 Å². The Hall–Kier alpha value is -2.36. The molecule has 1 amide bonds. The predicted octanol–water partition coefficient (Wildman–Crippen LogP) is 2.59. The zero-order valence-electron chi connectivity index (χ0n) is 16.0. The van der Waals surface area contributed by atoms with Gasteiger partial charge < -0.3 is 5.32 Å². The van der Waals surface area contributed by atoms with Crippen molar-refractivity contribution in [1.82, 2.24) is 5.32 Å². The summed E-state index contributed by atoms with van der Waals surface area (Å²) in [7, 11) is 3.86. The Morgan fingerprint density at radius 3 is 2.69 bits per heavy atom. The van der Waals surface area contributed by atoms with Crippen LogP contribution >= 0.6 is 0 Å². The van der Waals surface area contributed by atoms with Crippen molar-refractivity contribution in [2.45, 2.75) is 37.5 Å². The van der Waals surface area contributed by atoms with Crippen molar-refractivity contribution >= 4 is 11.7 Å². The molecule has 1 aromatic heterocycles. The molecule has 26 heavy (non-hydrogen) atoms. The summed E-state index contributed by atoms with van der Waals surface area (Å²) in [6.45, 7) is 4.22. The Bertz CT molecular complexity index is 837. The molecule has 1 spiro atoms. The number of carbonyl (C=O) groups is 1. The first-order valence-corrected chi connectivity index (χ1v) is 9.56. The van der Waals surface area contributed by atoms with Gasteiger partial charge in [-0.05, 0) is 48.9 Å². The van der Waals surface area contributed by atoms with Gasteiger partial charge in [-0.25, -0.2) is 4.57 Å². The Morgan fingerprint density at radius 2 is 1.96 bits per heavy atom. The fourth-order valence-corrected chi connectivity index (χ4v) is 4.91. The lowest BCUT2D eigenvalue weighted by Crippen LogP contribution is -2.47. The minimum Gasteiger partial charge on any atom is -0.359 e. The molecule has 4 heteroatoms. The SMILES string of the molecule is CNC(=O)C1CC2(CCN(c3cc(C)cc[n+]3C)CC2)c2ccccc21. The van der Waals surface area contributed by atoms with Crippen LogP contribution in [0.4, 0.5) is 5.82 Å². The first kappa shape index (κ1) is 17.1. The Labute approximate surface area is 155 Å². The molecule has 2 aromatic rings. The normalized spacial score (nSPS) is 20.9. The summed E-state index contributed by atoms with van der Waals surface area (Å²) in [6.07, 6.45) is 5.29. The number of fused-ring (bicyclic) bond motifs is 2. The van der Waals surface area contributed by atoms with Crippen molar-refractivity contribution in [3.05, 3.63) is 59.3 Å². The van der Waals surface area contributed by atoms with Crippen LogP contribution in [0.2, 0.25) is 0 Å². The number of nitrogens with one attached hydrogen (secondary N) is 1. The highest BCUT2D eigenvalue weighted by molar-refractivity contribution is 5.85. The van der Waals surface area contributed by atoms with Crippen molar-refractivity contribution in [2.24, 2.45) is 7.05 Å². The van der Waals surface area contributed by atoms with Crippen LogP contribution in [0.15, 0.2) is 42.6 Å². The molecule has 4 nitrogen and oxygen atoms in total. The molecule has 0 radical (unpaired) electrons. The van der Waals surface area contributed by atoms with Crippen molar-refractivity contribution in [1.29, 1.82) is 0 Å². The van der Waals surface area contributed by atoms with Crippen molar-refractivity contribution in [2.75, 3.05) is 25.0 Å². The smallest absolute Gasteiger partial charge is 0.276 e. The van der Waals surface area contributed by atoms with E-state index in [1.165, 1.54) is 22.5 Å². The summed E-state index contributed by atoms with van der Waals surface area (Å²) in [6, 6.07) is 13.0. The lowest BCUT2D eigenvalue weighted by Gasteiger charge is -2.37. The predicted molar refractivity (Wildman–Crippen MR) is 103 cm³/mol. The summed E-state index contributed by atoms with van der Waals surface area (Å²) < 4.78 is 2.21. The average molecular weight is 350 g/mol. The van der Waals surface area contributed by atoms with Gasteiger partial charge in [-0.1, -0.05) is 24.3 Å². The van der Waals surface area contributed by atoms with Crippen molar-refractivity contribution in [3.8, 4) is 0 Å². The number of pyridine rings is 1. The van der Waals surface area contributed by atoms with Crippen LogP contribution in [-0.4, -0.2) is 26.0 Å². The first-order chi connectivity index (χ1) is 12.5. The third-order valence-electron chi connectivity index (χ3n) is 6.39. The second kappa shape index (κ2) is 6.42. The lowest BCUT2D eigenvalue weighted by molar-refractivity contribution is -0.659. The number of hydrogen-bond acceptors (Lipinski definition) is 2. The maximum absolute atomic E-state index is 12.4. The number of aryl methyl sites for hydroxylation is 2. The summed E-state index contributed by atoms with van der Waals surface area (Å²) in [5.41, 5.74) is 4.08. The van der Waals surface area contributed by atoms with E-state index >= 15 is 0 Å². The van der Waals surface area contributed by atoms with Gasteiger partial charge in [0.1, 0.15) is 0 Å². The van der Waals surface area contributed by atoms with E-state index in [1.54, 1.807) is 7.05 Å². The number of carbonyl (C=O) groups excluding carboxylic acids is 1. The maximum Gasteiger partial charge on any atom is 0.276 e. The molecular weight excluding hydrogens is 322 g/mol. The standard InChI is InChI=1S/C22H27N3O/c1-16-8-11-24(3)20(14-16)25-12-9-22(10-13-25)15-18(21(26)23-2)17-6-4-5-7-19(17)22/h4-8,11,14,18H,9-10,12-13,15H2,1-3H3/p+1. The maximum atomic E-state index is 12.4. The zero-order valence-corrected chi connectivity index (χ0v) is 16.0. The largest absolute Gasteiger partial charge is 0.359 e. The van der Waals surface area contributed by atoms with Gasteiger partial charge in [0.05, 0.1) is 32.3 Å². The molecule has 1 saturated heterocycles. The average Bonchev–Trinajstić information content (AvgIpc) is 2.98. The molecular formula is C22H28N3O+. The zero-order chi connectivity index (χ0) is 18.3. The lowest BCUT2D eigenvalue weighted by atomic mass is 9.73. The van der Waals surface area contributed by atoms with Gasteiger partial charge in [-0.2, -0.15) is 0 Å². The van der Waals surface area contributed by atoms with E-state index < -0.39 is 0 Å². The highest BCUT2D eigenvalue weighted by Gasteiger charge is 2.48. The van der Waals surface area contributed by atoms with Crippen LogP contribution in [0.5, 0.6) is 0 Å². The number of aromatic nitrogens is 1. The van der Waals surface area contributed by atoms with Gasteiger partial charge in [0.25, 0.3) is 5.82 Å². The number of likely N-dealkylation sites (N-methyl/N-ethyl adjacent to an activating group) is 1. The van der Waals surface area contributed by atoms with E-state index in [-0.39, 0.29) is 17.2 Å². The molecule has 1 atom stereocenters. The molecule has 1 aromatic carbocycles. The van der Waals surface area contributed by atoms with Crippen LogP contribution in [0, 0.1) is 6.92 Å². The number of amides is 1. The van der Waals surface area contributed by atoms with E-state index in [9.17, 15) is 4.79 Å². The molecule has 1 N–H and O–H groups in total. The van der Waals surface area contributed by atoms with Gasteiger partial charge in [0.2, 0.25) is 5.91 Å². The van der Waals surface area contributed by atoms with Gasteiger partial charge in [0.15, 0.2) is 0 Å². The second-order valence-electron chi connectivity index (χ2n) is 7.90. The van der Waals surface area contributed by atoms with Crippen LogP contribution < -0.4 is 14.8 Å². The van der Waals surface area contributed by atoms with E-state index in [2.05, 4.69) is 71.4 Å². The summed E-state index contributed by atoms with van der Waals surface area (Å²) in [5, 5.41) is 2.87. The number of rotatable bonds is 2. The fraction of sp³-hybridized carbons (Fsp3) is 0.455. The molecule has 2 heterocycles. The Morgan fingerprint density at radius 1 is 1.23 bits per heavy atom. The van der Waals surface area contributed by atoms with Crippen molar-refractivity contribution in [3.63, 3.8) is 0 Å². The number of piperidine rings is 1. The first-order valence-electron chi connectivity index (χ1n) is 9.56. The van der Waals surface area contributed by atoms with E-state index in [0.29, 0.717) is 0 Å². The molecule has 1 aliphatic heterocycles. The fourth-order valence-electron chi connectivity index (χ4n) is 4.91. The number of benzene rings is 1. The summed E-state index contributed by atoms with van der Waals surface area (Å²) in [5.74, 6) is 1.44. The van der Waals surface area contributed by atoms with Gasteiger partial charge in [-0.15, -0.1) is 0 Å². The van der Waals surface area contributed by atoms with Crippen molar-refractivity contribution < 1.29 is 9.36 Å². The summed E-state index contributed by atoms with van der Waals surface area (Å²) in [4.78, 5) is 14.9. The molecule has 0 bridgehead atoms. The van der Waals surface area contributed by atoms with Crippen LogP contribution in [-0.2, 0) is 17.3 Å². The monoisotopic (exact) mass is 350 g/mol. The molecule has 1 aliphatic carbocycles. The molecule has 1 unspecified atom stereocenters. The van der Waals surface area contributed by atoms with E-state index in [0.717, 1.165) is 32.4 Å². The quantitative estimate of drug-likeness (QED) is 0.845. The van der Waals surface area contributed by atoms with Gasteiger partial charge in [0, 0.05) is 18.5 Å². The Balaban J connectivity index is 1.61. The summed E-state index contributed by atoms with van der Waals surface area (Å²) >= 11 is 0. The minimum absolute atomic E-state index is 0.00201. The van der Waals surface area contributed by atoms with Gasteiger partial charge >= 0.3 is 0 Å². The highest BCUT2D eigenvalue weighted by Crippen LogP contribution is 2.51. The number of nitrogens with zero attached hydrogens (tertiary/aromatic N) is 2. The second-order valence-corrected chi connectivity index (χ2v) is 7.90. The molecule has 0 saturated carbocycles. The third kappa shape index (κ3) is 2.68. The number of hydrogen-bond donors (Lipinski definition) is 1.